The van der Waals surface area contributed by atoms with E-state index < -0.39 is 16.2 Å². The molecular formula is C37H50O6. The van der Waals surface area contributed by atoms with Gasteiger partial charge in [-0.25, -0.2) is 0 Å². The molecule has 3 aromatic carbocycles. The van der Waals surface area contributed by atoms with E-state index >= 15 is 0 Å². The Labute approximate surface area is 258 Å². The topological polar surface area (TPSA) is 78.9 Å². The Bertz CT molecular complexity index is 1220. The second-order valence-corrected chi connectivity index (χ2v) is 13.1. The van der Waals surface area contributed by atoms with Gasteiger partial charge in [0.1, 0.15) is 17.2 Å². The van der Waals surface area contributed by atoms with Gasteiger partial charge in [-0.05, 0) is 110 Å². The largest absolute Gasteiger partial charge is 0.426 e. The van der Waals surface area contributed by atoms with Gasteiger partial charge in [-0.15, -0.1) is 0 Å². The molecule has 0 radical (unpaired) electrons. The van der Waals surface area contributed by atoms with Crippen LogP contribution in [0.3, 0.4) is 0 Å². The fraction of sp³-hybridized carbons (Fsp3) is 0.432. The van der Waals surface area contributed by atoms with Crippen LogP contribution in [-0.2, 0) is 14.4 Å². The minimum absolute atomic E-state index is 0.153. The number of esters is 3. The number of rotatable bonds is 5. The van der Waals surface area contributed by atoms with Crippen LogP contribution >= 0.6 is 0 Å². The van der Waals surface area contributed by atoms with E-state index in [0.717, 1.165) is 11.1 Å². The zero-order chi connectivity index (χ0) is 33.0. The van der Waals surface area contributed by atoms with Crippen molar-refractivity contribution >= 4 is 17.9 Å². The molecule has 0 atom stereocenters. The third-order valence-electron chi connectivity index (χ3n) is 5.97. The Morgan fingerprint density at radius 1 is 0.465 bits per heavy atom. The quantitative estimate of drug-likeness (QED) is 0.218. The van der Waals surface area contributed by atoms with Crippen LogP contribution in [-0.4, -0.2) is 17.9 Å². The zero-order valence-electron chi connectivity index (χ0n) is 28.0. The maximum atomic E-state index is 12.0. The van der Waals surface area contributed by atoms with E-state index in [1.165, 1.54) is 0 Å². The zero-order valence-corrected chi connectivity index (χ0v) is 28.0. The van der Waals surface area contributed by atoms with E-state index in [1.54, 1.807) is 12.1 Å². The van der Waals surface area contributed by atoms with Crippen molar-refractivity contribution in [3.05, 3.63) is 90.0 Å². The van der Waals surface area contributed by atoms with Crippen molar-refractivity contribution in [3.8, 4) is 17.2 Å². The minimum Gasteiger partial charge on any atom is -0.426 e. The summed E-state index contributed by atoms with van der Waals surface area (Å²) in [7, 11) is 0. The second-order valence-electron chi connectivity index (χ2n) is 13.1. The van der Waals surface area contributed by atoms with Gasteiger partial charge in [0.2, 0.25) is 0 Å². The highest BCUT2D eigenvalue weighted by molar-refractivity contribution is 5.78. The Kier molecular flexibility index (Phi) is 13.9. The van der Waals surface area contributed by atoms with Crippen LogP contribution < -0.4 is 14.2 Å². The molecule has 0 aliphatic rings. The average Bonchev–Trinajstić information content (AvgIpc) is 2.94. The molecule has 0 aliphatic carbocycles. The SMILES string of the molecule is CC.CC(C)(C)C(=O)Oc1ccccc1.CC(c1ccc(OC(=O)C(C)(C)C)cc1)c1ccc(OC(=O)C(C)(C)C)cc1. The van der Waals surface area contributed by atoms with Crippen molar-refractivity contribution in [1.82, 2.24) is 0 Å². The lowest BCUT2D eigenvalue weighted by atomic mass is 9.93. The first-order valence-electron chi connectivity index (χ1n) is 14.8. The molecule has 0 amide bonds. The first-order chi connectivity index (χ1) is 19.9. The van der Waals surface area contributed by atoms with Gasteiger partial charge in [0.15, 0.2) is 0 Å². The molecule has 0 aromatic heterocycles. The molecule has 43 heavy (non-hydrogen) atoms. The highest BCUT2D eigenvalue weighted by Crippen LogP contribution is 2.29. The van der Waals surface area contributed by atoms with Crippen molar-refractivity contribution in [3.63, 3.8) is 0 Å². The molecule has 0 saturated heterocycles. The minimum atomic E-state index is -0.538. The first-order valence-corrected chi connectivity index (χ1v) is 14.8. The number of ether oxygens (including phenoxy) is 3. The average molecular weight is 591 g/mol. The van der Waals surface area contributed by atoms with Crippen molar-refractivity contribution in [2.45, 2.75) is 89.0 Å². The highest BCUT2D eigenvalue weighted by Gasteiger charge is 2.25. The Balaban J connectivity index is 0.000000514. The van der Waals surface area contributed by atoms with Gasteiger partial charge in [0, 0.05) is 5.92 Å². The van der Waals surface area contributed by atoms with Crippen LogP contribution in [0.4, 0.5) is 0 Å². The summed E-state index contributed by atoms with van der Waals surface area (Å²) in [5.41, 5.74) is 0.689. The van der Waals surface area contributed by atoms with Crippen LogP contribution in [0, 0.1) is 16.2 Å². The van der Waals surface area contributed by atoms with E-state index in [2.05, 4.69) is 6.92 Å². The van der Waals surface area contributed by atoms with Crippen LogP contribution in [0.2, 0.25) is 0 Å². The number of benzene rings is 3. The van der Waals surface area contributed by atoms with E-state index in [0.29, 0.717) is 17.2 Å². The standard InChI is InChI=1S/C24H30O4.C11H14O2.C2H6/c1-16(17-8-12-19(13-9-17)27-21(25)23(2,3)4)18-10-14-20(15-11-18)28-22(26)24(5,6)7;1-11(2,3)10(12)13-9-7-5-4-6-8-9;1-2/h8-16H,1-7H3;4-8H,1-3H3;1-2H3. The summed E-state index contributed by atoms with van der Waals surface area (Å²) in [6.07, 6.45) is 0. The smallest absolute Gasteiger partial charge is 0.316 e. The lowest BCUT2D eigenvalue weighted by molar-refractivity contribution is -0.143. The van der Waals surface area contributed by atoms with Crippen molar-refractivity contribution in [2.24, 2.45) is 16.2 Å². The summed E-state index contributed by atoms with van der Waals surface area (Å²) < 4.78 is 16.0. The number of hydrogen-bond donors (Lipinski definition) is 0. The van der Waals surface area contributed by atoms with E-state index in [1.807, 2.05) is 143 Å². The van der Waals surface area contributed by atoms with Crippen molar-refractivity contribution in [2.75, 3.05) is 0 Å². The summed E-state index contributed by atoms with van der Waals surface area (Å²) in [5.74, 6) is 1.11. The summed E-state index contributed by atoms with van der Waals surface area (Å²) in [5, 5.41) is 0. The van der Waals surface area contributed by atoms with Gasteiger partial charge >= 0.3 is 17.9 Å². The summed E-state index contributed by atoms with van der Waals surface area (Å²) in [6.45, 7) is 22.6. The molecule has 3 rings (SSSR count). The first kappa shape index (κ1) is 37.1. The normalized spacial score (nSPS) is 11.3. The van der Waals surface area contributed by atoms with Crippen LogP contribution in [0.5, 0.6) is 17.2 Å². The number of para-hydroxylation sites is 1. The maximum Gasteiger partial charge on any atom is 0.316 e. The van der Waals surface area contributed by atoms with Gasteiger partial charge in [-0.2, -0.15) is 0 Å². The van der Waals surface area contributed by atoms with E-state index in [4.69, 9.17) is 14.2 Å². The molecule has 0 heterocycles. The van der Waals surface area contributed by atoms with Gasteiger partial charge in [-0.1, -0.05) is 63.2 Å². The summed E-state index contributed by atoms with van der Waals surface area (Å²) in [4.78, 5) is 35.4. The highest BCUT2D eigenvalue weighted by atomic mass is 16.5. The second kappa shape index (κ2) is 16.1. The Morgan fingerprint density at radius 3 is 0.977 bits per heavy atom. The van der Waals surface area contributed by atoms with E-state index in [-0.39, 0.29) is 23.8 Å². The molecular weight excluding hydrogens is 540 g/mol. The molecule has 6 nitrogen and oxygen atoms in total. The maximum absolute atomic E-state index is 12.0. The molecule has 0 saturated carbocycles. The summed E-state index contributed by atoms with van der Waals surface area (Å²) in [6, 6.07) is 24.2. The molecule has 6 heteroatoms. The Morgan fingerprint density at radius 2 is 0.721 bits per heavy atom. The summed E-state index contributed by atoms with van der Waals surface area (Å²) >= 11 is 0. The van der Waals surface area contributed by atoms with Gasteiger partial charge in [0.25, 0.3) is 0 Å². The van der Waals surface area contributed by atoms with E-state index in [9.17, 15) is 14.4 Å². The molecule has 0 N–H and O–H groups in total. The molecule has 3 aromatic rings. The lowest BCUT2D eigenvalue weighted by Gasteiger charge is -2.18. The van der Waals surface area contributed by atoms with Crippen molar-refractivity contribution < 1.29 is 28.6 Å². The van der Waals surface area contributed by atoms with Gasteiger partial charge in [0.05, 0.1) is 16.2 Å². The predicted molar refractivity (Wildman–Crippen MR) is 173 cm³/mol. The van der Waals surface area contributed by atoms with Crippen LogP contribution in [0.15, 0.2) is 78.9 Å². The molecule has 0 bridgehead atoms. The molecule has 0 spiro atoms. The van der Waals surface area contributed by atoms with Gasteiger partial charge < -0.3 is 14.2 Å². The molecule has 0 aliphatic heterocycles. The monoisotopic (exact) mass is 590 g/mol. The molecule has 0 unspecified atom stereocenters. The third kappa shape index (κ3) is 12.9. The fourth-order valence-corrected chi connectivity index (χ4v) is 3.11. The third-order valence-corrected chi connectivity index (χ3v) is 5.97. The molecule has 234 valence electrons. The number of carbonyl (C=O) groups excluding carboxylic acids is 3. The van der Waals surface area contributed by atoms with Crippen LogP contribution in [0.25, 0.3) is 0 Å². The van der Waals surface area contributed by atoms with Crippen molar-refractivity contribution in [1.29, 1.82) is 0 Å². The van der Waals surface area contributed by atoms with Gasteiger partial charge in [-0.3, -0.25) is 14.4 Å². The van der Waals surface area contributed by atoms with Crippen LogP contribution in [0.1, 0.15) is 100 Å². The Hall–Kier alpha value is -3.93. The molecule has 0 fully saturated rings. The lowest BCUT2D eigenvalue weighted by Crippen LogP contribution is -2.25. The predicted octanol–water partition coefficient (Wildman–Crippen LogP) is 9.41. The number of hydrogen-bond acceptors (Lipinski definition) is 6. The number of carbonyl (C=O) groups is 3. The fourth-order valence-electron chi connectivity index (χ4n) is 3.11.